The first-order valence-corrected chi connectivity index (χ1v) is 4.08. The van der Waals surface area contributed by atoms with Crippen LogP contribution in [-0.4, -0.2) is 20.9 Å². The lowest BCUT2D eigenvalue weighted by atomic mass is 10.3. The Kier molecular flexibility index (Phi) is 1.85. The number of rotatable bonds is 2. The van der Waals surface area contributed by atoms with Gasteiger partial charge in [0.25, 0.3) is 5.56 Å². The number of aromatic nitrogens is 2. The number of benzene rings is 1. The Morgan fingerprint density at radius 1 is 1.43 bits per heavy atom. The summed E-state index contributed by atoms with van der Waals surface area (Å²) in [5, 5.41) is 11.8. The van der Waals surface area contributed by atoms with E-state index >= 15 is 0 Å². The Bertz CT molecular complexity index is 538. The number of H-pyrrole nitrogens is 1. The van der Waals surface area contributed by atoms with Crippen molar-refractivity contribution in [1.29, 1.82) is 0 Å². The topological polar surface area (TPSA) is 75.1 Å². The minimum absolute atomic E-state index is 0.303. The molecule has 0 radical (unpaired) electrons. The zero-order chi connectivity index (χ0) is 10.1. The number of carbonyl (C=O) groups is 1. The lowest BCUT2D eigenvalue weighted by Gasteiger charge is -1.93. The molecule has 0 saturated heterocycles. The van der Waals surface area contributed by atoms with Gasteiger partial charge in [-0.1, -0.05) is 12.1 Å². The van der Waals surface area contributed by atoms with Crippen molar-refractivity contribution in [3.8, 4) is 0 Å². The molecule has 0 fully saturated rings. The number of hydrogen-bond donors (Lipinski definition) is 2. The minimum atomic E-state index is -1.04. The molecule has 1 aromatic carbocycles. The molecule has 0 unspecified atom stereocenters. The number of carboxylic acid groups (broad SMARTS) is 1. The number of hydrogen-bond acceptors (Lipinski definition) is 2. The van der Waals surface area contributed by atoms with Crippen molar-refractivity contribution in [2.24, 2.45) is 0 Å². The molecular weight excluding hydrogens is 184 g/mol. The van der Waals surface area contributed by atoms with Crippen LogP contribution in [0.3, 0.4) is 0 Å². The van der Waals surface area contributed by atoms with E-state index in [0.717, 1.165) is 4.68 Å². The van der Waals surface area contributed by atoms with Gasteiger partial charge in [0.15, 0.2) is 0 Å². The zero-order valence-electron chi connectivity index (χ0n) is 7.23. The molecule has 14 heavy (non-hydrogen) atoms. The maximum absolute atomic E-state index is 11.5. The number of aliphatic carboxylic acids is 1. The number of carboxylic acids is 1. The van der Waals surface area contributed by atoms with Gasteiger partial charge in [-0.2, -0.15) is 0 Å². The van der Waals surface area contributed by atoms with Gasteiger partial charge in [-0.25, -0.2) is 4.68 Å². The van der Waals surface area contributed by atoms with Crippen LogP contribution in [-0.2, 0) is 11.3 Å². The summed E-state index contributed by atoms with van der Waals surface area (Å²) >= 11 is 0. The summed E-state index contributed by atoms with van der Waals surface area (Å²) in [6.45, 7) is -0.340. The summed E-state index contributed by atoms with van der Waals surface area (Å²) in [7, 11) is 0. The van der Waals surface area contributed by atoms with Crippen molar-refractivity contribution in [2.45, 2.75) is 6.54 Å². The second kappa shape index (κ2) is 3.02. The van der Waals surface area contributed by atoms with Crippen LogP contribution in [0.5, 0.6) is 0 Å². The second-order valence-electron chi connectivity index (χ2n) is 2.94. The van der Waals surface area contributed by atoms with E-state index in [1.165, 1.54) is 0 Å². The summed E-state index contributed by atoms with van der Waals surface area (Å²) < 4.78 is 1.08. The monoisotopic (exact) mass is 192 g/mol. The molecular formula is C9H8N2O3. The zero-order valence-corrected chi connectivity index (χ0v) is 7.23. The maximum Gasteiger partial charge on any atom is 0.325 e. The highest BCUT2D eigenvalue weighted by Crippen LogP contribution is 2.05. The SMILES string of the molecule is O=C(O)Cn1[nH]c2ccccc2c1=O. The molecule has 2 rings (SSSR count). The van der Waals surface area contributed by atoms with Gasteiger partial charge >= 0.3 is 5.97 Å². The number of nitrogens with zero attached hydrogens (tertiary/aromatic N) is 1. The number of para-hydroxylation sites is 1. The Hall–Kier alpha value is -2.04. The highest BCUT2D eigenvalue weighted by molar-refractivity contribution is 5.78. The van der Waals surface area contributed by atoms with Crippen LogP contribution in [0, 0.1) is 0 Å². The van der Waals surface area contributed by atoms with Crippen molar-refractivity contribution in [1.82, 2.24) is 9.78 Å². The maximum atomic E-state index is 11.5. The number of nitrogens with one attached hydrogen (secondary N) is 1. The van der Waals surface area contributed by atoms with E-state index < -0.39 is 5.97 Å². The Morgan fingerprint density at radius 2 is 2.14 bits per heavy atom. The first-order chi connectivity index (χ1) is 6.68. The average Bonchev–Trinajstić information content (AvgIpc) is 2.44. The molecule has 2 N–H and O–H groups in total. The van der Waals surface area contributed by atoms with E-state index in [1.807, 2.05) is 0 Å². The standard InChI is InChI=1S/C9H8N2O3/c12-8(13)5-11-9(14)6-3-1-2-4-7(6)10-11/h1-4,10H,5H2,(H,12,13). The highest BCUT2D eigenvalue weighted by atomic mass is 16.4. The smallest absolute Gasteiger partial charge is 0.325 e. The van der Waals surface area contributed by atoms with E-state index in [1.54, 1.807) is 24.3 Å². The van der Waals surface area contributed by atoms with Crippen LogP contribution in [0.1, 0.15) is 0 Å². The lowest BCUT2D eigenvalue weighted by molar-refractivity contribution is -0.137. The summed E-state index contributed by atoms with van der Waals surface area (Å²) in [5.74, 6) is -1.04. The molecule has 0 aliphatic rings. The predicted molar refractivity (Wildman–Crippen MR) is 50.2 cm³/mol. The van der Waals surface area contributed by atoms with Crippen molar-refractivity contribution >= 4 is 16.9 Å². The van der Waals surface area contributed by atoms with Crippen molar-refractivity contribution < 1.29 is 9.90 Å². The fraction of sp³-hybridized carbons (Fsp3) is 0.111. The quantitative estimate of drug-likeness (QED) is 0.723. The van der Waals surface area contributed by atoms with Gasteiger partial charge < -0.3 is 5.11 Å². The van der Waals surface area contributed by atoms with E-state index in [0.29, 0.717) is 10.9 Å². The molecule has 2 aromatic rings. The third kappa shape index (κ3) is 1.28. The van der Waals surface area contributed by atoms with Crippen LogP contribution in [0.4, 0.5) is 0 Å². The Labute approximate surface area is 78.6 Å². The van der Waals surface area contributed by atoms with E-state index in [4.69, 9.17) is 5.11 Å². The van der Waals surface area contributed by atoms with Gasteiger partial charge in [-0.3, -0.25) is 14.7 Å². The van der Waals surface area contributed by atoms with Crippen LogP contribution < -0.4 is 5.56 Å². The molecule has 5 nitrogen and oxygen atoms in total. The fourth-order valence-electron chi connectivity index (χ4n) is 1.36. The first kappa shape index (κ1) is 8.55. The van der Waals surface area contributed by atoms with E-state index in [9.17, 15) is 9.59 Å². The van der Waals surface area contributed by atoms with E-state index in [-0.39, 0.29) is 12.1 Å². The van der Waals surface area contributed by atoms with Gasteiger partial charge in [0.05, 0.1) is 10.9 Å². The van der Waals surface area contributed by atoms with Crippen molar-refractivity contribution in [2.75, 3.05) is 0 Å². The van der Waals surface area contributed by atoms with Gasteiger partial charge in [-0.05, 0) is 12.1 Å². The van der Waals surface area contributed by atoms with Gasteiger partial charge in [0.1, 0.15) is 6.54 Å². The molecule has 0 spiro atoms. The summed E-state index contributed by atoms with van der Waals surface area (Å²) in [5.41, 5.74) is 0.349. The molecule has 0 bridgehead atoms. The minimum Gasteiger partial charge on any atom is -0.480 e. The van der Waals surface area contributed by atoms with Crippen LogP contribution in [0.25, 0.3) is 10.9 Å². The molecule has 5 heteroatoms. The van der Waals surface area contributed by atoms with Gasteiger partial charge in [-0.15, -0.1) is 0 Å². The van der Waals surface area contributed by atoms with Crippen LogP contribution in [0.15, 0.2) is 29.1 Å². The molecule has 0 aliphatic heterocycles. The molecule has 0 amide bonds. The first-order valence-electron chi connectivity index (χ1n) is 4.08. The molecule has 72 valence electrons. The average molecular weight is 192 g/mol. The molecule has 0 aliphatic carbocycles. The molecule has 0 saturated carbocycles. The highest BCUT2D eigenvalue weighted by Gasteiger charge is 2.07. The lowest BCUT2D eigenvalue weighted by Crippen LogP contribution is -2.21. The fourth-order valence-corrected chi connectivity index (χ4v) is 1.36. The number of aromatic amines is 1. The van der Waals surface area contributed by atoms with Crippen LogP contribution in [0.2, 0.25) is 0 Å². The summed E-state index contributed by atoms with van der Waals surface area (Å²) in [6.07, 6.45) is 0. The third-order valence-electron chi connectivity index (χ3n) is 1.95. The summed E-state index contributed by atoms with van der Waals surface area (Å²) in [4.78, 5) is 22.0. The predicted octanol–water partition coefficient (Wildman–Crippen LogP) is 0.414. The Morgan fingerprint density at radius 3 is 2.79 bits per heavy atom. The Balaban J connectivity index is 2.63. The second-order valence-corrected chi connectivity index (χ2v) is 2.94. The van der Waals surface area contributed by atoms with E-state index in [2.05, 4.69) is 5.10 Å². The summed E-state index contributed by atoms with van der Waals surface area (Å²) in [6, 6.07) is 6.91. The number of fused-ring (bicyclic) bond motifs is 1. The van der Waals surface area contributed by atoms with Gasteiger partial charge in [0, 0.05) is 0 Å². The van der Waals surface area contributed by atoms with Crippen LogP contribution >= 0.6 is 0 Å². The molecule has 1 heterocycles. The molecule has 1 aromatic heterocycles. The van der Waals surface area contributed by atoms with Gasteiger partial charge in [0.2, 0.25) is 0 Å². The van der Waals surface area contributed by atoms with Crippen molar-refractivity contribution in [3.63, 3.8) is 0 Å². The normalized spacial score (nSPS) is 10.6. The molecule has 0 atom stereocenters. The third-order valence-corrected chi connectivity index (χ3v) is 1.95. The van der Waals surface area contributed by atoms with Crippen molar-refractivity contribution in [3.05, 3.63) is 34.6 Å². The largest absolute Gasteiger partial charge is 0.480 e.